The van der Waals surface area contributed by atoms with Crippen molar-refractivity contribution in [1.82, 2.24) is 30.2 Å². The predicted octanol–water partition coefficient (Wildman–Crippen LogP) is 3.42. The summed E-state index contributed by atoms with van der Waals surface area (Å²) in [5, 5.41) is 13.8. The van der Waals surface area contributed by atoms with Gasteiger partial charge in [0.25, 0.3) is 0 Å². The van der Waals surface area contributed by atoms with Crippen LogP contribution >= 0.6 is 23.1 Å². The molecule has 2 N–H and O–H groups in total. The van der Waals surface area contributed by atoms with Crippen LogP contribution in [0, 0.1) is 0 Å². The summed E-state index contributed by atoms with van der Waals surface area (Å²) < 4.78 is 1.72. The lowest BCUT2D eigenvalue weighted by Crippen LogP contribution is -2.03. The van der Waals surface area contributed by atoms with Crippen LogP contribution in [0.5, 0.6) is 0 Å². The topological polar surface area (TPSA) is 95.4 Å². The number of hydrogen-bond donors (Lipinski definition) is 1. The fourth-order valence-corrected chi connectivity index (χ4v) is 5.46. The second-order valence-corrected chi connectivity index (χ2v) is 8.44. The summed E-state index contributed by atoms with van der Waals surface area (Å²) in [6, 6.07) is 9.82. The Hall–Kier alpha value is -2.52. The Bertz CT molecular complexity index is 1100. The molecule has 0 saturated heterocycles. The van der Waals surface area contributed by atoms with Crippen molar-refractivity contribution in [2.75, 3.05) is 5.73 Å². The number of thioether (sulfide) groups is 1. The Morgan fingerprint density at radius 2 is 1.96 bits per heavy atom. The Morgan fingerprint density at radius 1 is 1.11 bits per heavy atom. The predicted molar refractivity (Wildman–Crippen MR) is 107 cm³/mol. The number of thiophene rings is 1. The molecule has 1 aromatic carbocycles. The van der Waals surface area contributed by atoms with Crippen LogP contribution in [0.15, 0.2) is 35.5 Å². The van der Waals surface area contributed by atoms with Gasteiger partial charge < -0.3 is 5.73 Å². The third-order valence-corrected chi connectivity index (χ3v) is 6.76. The van der Waals surface area contributed by atoms with Crippen LogP contribution in [0.25, 0.3) is 15.9 Å². The number of anilines is 1. The third kappa shape index (κ3) is 3.06. The van der Waals surface area contributed by atoms with E-state index < -0.39 is 0 Å². The van der Waals surface area contributed by atoms with Crippen LogP contribution in [0.1, 0.15) is 29.1 Å². The van der Waals surface area contributed by atoms with Gasteiger partial charge in [-0.1, -0.05) is 30.0 Å². The molecule has 0 aliphatic heterocycles. The van der Waals surface area contributed by atoms with Crippen molar-refractivity contribution in [2.45, 2.75) is 36.6 Å². The molecular weight excluding hydrogens is 378 g/mol. The van der Waals surface area contributed by atoms with Crippen LogP contribution in [0.4, 0.5) is 5.82 Å². The van der Waals surface area contributed by atoms with E-state index in [4.69, 9.17) is 10.7 Å². The van der Waals surface area contributed by atoms with Crippen molar-refractivity contribution in [1.29, 1.82) is 0 Å². The van der Waals surface area contributed by atoms with Crippen molar-refractivity contribution in [3.8, 4) is 5.69 Å². The van der Waals surface area contributed by atoms with Gasteiger partial charge in [0.2, 0.25) is 5.16 Å². The van der Waals surface area contributed by atoms with Crippen LogP contribution in [-0.2, 0) is 18.6 Å². The first-order chi connectivity index (χ1) is 13.3. The zero-order valence-corrected chi connectivity index (χ0v) is 16.1. The molecule has 7 nitrogen and oxygen atoms in total. The van der Waals surface area contributed by atoms with E-state index in [2.05, 4.69) is 20.5 Å². The summed E-state index contributed by atoms with van der Waals surface area (Å²) in [6.07, 6.45) is 4.69. The fraction of sp³-hybridized carbons (Fsp3) is 0.278. The van der Waals surface area contributed by atoms with Crippen LogP contribution < -0.4 is 5.73 Å². The largest absolute Gasteiger partial charge is 0.383 e. The second kappa shape index (κ2) is 6.90. The number of aromatic nitrogens is 6. The summed E-state index contributed by atoms with van der Waals surface area (Å²) in [5.74, 6) is 1.87. The maximum atomic E-state index is 6.30. The molecule has 1 aliphatic carbocycles. The number of benzene rings is 1. The summed E-state index contributed by atoms with van der Waals surface area (Å²) in [6.45, 7) is 0. The minimum absolute atomic E-state index is 0.565. The maximum absolute atomic E-state index is 6.30. The molecule has 0 bridgehead atoms. The summed E-state index contributed by atoms with van der Waals surface area (Å²) in [4.78, 5) is 11.8. The normalized spacial score (nSPS) is 13.8. The highest BCUT2D eigenvalue weighted by Gasteiger charge is 2.20. The van der Waals surface area contributed by atoms with Gasteiger partial charge in [-0.05, 0) is 53.8 Å². The zero-order chi connectivity index (χ0) is 18.2. The lowest BCUT2D eigenvalue weighted by Gasteiger charge is -2.10. The van der Waals surface area contributed by atoms with E-state index in [0.717, 1.165) is 28.7 Å². The van der Waals surface area contributed by atoms with E-state index in [1.54, 1.807) is 16.0 Å². The Labute approximate surface area is 164 Å². The van der Waals surface area contributed by atoms with E-state index in [1.165, 1.54) is 35.0 Å². The Kier molecular flexibility index (Phi) is 4.25. The minimum Gasteiger partial charge on any atom is -0.383 e. The second-order valence-electron chi connectivity index (χ2n) is 6.41. The number of tetrazole rings is 1. The van der Waals surface area contributed by atoms with Gasteiger partial charge in [0.15, 0.2) is 0 Å². The van der Waals surface area contributed by atoms with Gasteiger partial charge in [0.1, 0.15) is 16.5 Å². The van der Waals surface area contributed by atoms with Crippen molar-refractivity contribution in [3.05, 3.63) is 46.6 Å². The molecule has 0 saturated carbocycles. The Balaban J connectivity index is 1.42. The lowest BCUT2D eigenvalue weighted by atomic mass is 9.97. The van der Waals surface area contributed by atoms with Crippen molar-refractivity contribution >= 4 is 39.1 Å². The van der Waals surface area contributed by atoms with Gasteiger partial charge in [-0.2, -0.15) is 4.68 Å². The van der Waals surface area contributed by atoms with Gasteiger partial charge >= 0.3 is 0 Å². The highest BCUT2D eigenvalue weighted by molar-refractivity contribution is 7.98. The lowest BCUT2D eigenvalue weighted by molar-refractivity contribution is 0.700. The smallest absolute Gasteiger partial charge is 0.214 e. The molecule has 3 heterocycles. The molecule has 4 aromatic rings. The minimum atomic E-state index is 0.565. The number of fused-ring (bicyclic) bond motifs is 3. The van der Waals surface area contributed by atoms with Crippen molar-refractivity contribution < 1.29 is 0 Å². The molecule has 0 fully saturated rings. The van der Waals surface area contributed by atoms with E-state index in [-0.39, 0.29) is 0 Å². The number of nitrogens with zero attached hydrogens (tertiary/aromatic N) is 6. The van der Waals surface area contributed by atoms with Crippen LogP contribution in [0.3, 0.4) is 0 Å². The average Bonchev–Trinajstić information content (AvgIpc) is 3.31. The molecule has 5 rings (SSSR count). The molecule has 0 unspecified atom stereocenters. The average molecular weight is 396 g/mol. The van der Waals surface area contributed by atoms with Gasteiger partial charge in [0.05, 0.1) is 16.8 Å². The van der Waals surface area contributed by atoms with E-state index in [9.17, 15) is 0 Å². The highest BCUT2D eigenvalue weighted by Crippen LogP contribution is 2.38. The van der Waals surface area contributed by atoms with Gasteiger partial charge in [0, 0.05) is 4.88 Å². The Morgan fingerprint density at radius 3 is 2.85 bits per heavy atom. The van der Waals surface area contributed by atoms with Crippen LogP contribution in [0.2, 0.25) is 0 Å². The van der Waals surface area contributed by atoms with E-state index in [0.29, 0.717) is 22.6 Å². The molecule has 0 atom stereocenters. The van der Waals surface area contributed by atoms with Gasteiger partial charge in [-0.25, -0.2) is 9.97 Å². The number of para-hydroxylation sites is 1. The number of nitrogen functional groups attached to an aromatic ring is 1. The highest BCUT2D eigenvalue weighted by atomic mass is 32.2. The monoisotopic (exact) mass is 395 g/mol. The van der Waals surface area contributed by atoms with Crippen LogP contribution in [-0.4, -0.2) is 30.2 Å². The first kappa shape index (κ1) is 16.6. The molecule has 0 spiro atoms. The molecule has 1 aliphatic rings. The third-order valence-electron chi connectivity index (χ3n) is 4.66. The molecule has 0 amide bonds. The van der Waals surface area contributed by atoms with Crippen molar-refractivity contribution in [3.63, 3.8) is 0 Å². The van der Waals surface area contributed by atoms with Crippen molar-refractivity contribution in [2.24, 2.45) is 0 Å². The standard InChI is InChI=1S/C18H17N7S2/c19-16-15-12-8-4-5-9-13(12)27-17(15)21-14(20-16)10-26-18-22-23-24-25(18)11-6-2-1-3-7-11/h1-3,6-7H,4-5,8-10H2,(H2,19,20,21). The van der Waals surface area contributed by atoms with Gasteiger partial charge in [-0.3, -0.25) is 0 Å². The zero-order valence-electron chi connectivity index (χ0n) is 14.5. The molecule has 3 aromatic heterocycles. The maximum Gasteiger partial charge on any atom is 0.214 e. The van der Waals surface area contributed by atoms with Gasteiger partial charge in [-0.15, -0.1) is 16.4 Å². The SMILES string of the molecule is Nc1nc(CSc2nnnn2-c2ccccc2)nc2sc3c(c12)CCCC3. The molecule has 9 heteroatoms. The van der Waals surface area contributed by atoms with E-state index >= 15 is 0 Å². The van der Waals surface area contributed by atoms with E-state index in [1.807, 2.05) is 30.3 Å². The summed E-state index contributed by atoms with van der Waals surface area (Å²) in [7, 11) is 0. The molecule has 27 heavy (non-hydrogen) atoms. The summed E-state index contributed by atoms with van der Waals surface area (Å²) in [5.41, 5.74) is 8.59. The number of aryl methyl sites for hydroxylation is 2. The fourth-order valence-electron chi connectivity index (χ4n) is 3.43. The number of rotatable bonds is 4. The summed E-state index contributed by atoms with van der Waals surface area (Å²) >= 11 is 3.27. The first-order valence-electron chi connectivity index (χ1n) is 8.83. The first-order valence-corrected chi connectivity index (χ1v) is 10.6. The molecular formula is C18H17N7S2. The quantitative estimate of drug-likeness (QED) is 0.529. The number of hydrogen-bond acceptors (Lipinski definition) is 8. The number of nitrogens with two attached hydrogens (primary N) is 1. The molecule has 136 valence electrons. The molecule has 0 radical (unpaired) electrons.